The van der Waals surface area contributed by atoms with Gasteiger partial charge >= 0.3 is 0 Å². The number of hydrogen-bond donors (Lipinski definition) is 1. The molecule has 0 spiro atoms. The van der Waals surface area contributed by atoms with Crippen LogP contribution >= 0.6 is 0 Å². The topological polar surface area (TPSA) is 78.7 Å². The first-order valence-corrected chi connectivity index (χ1v) is 13.3. The molecular formula is C29H36N4O3. The highest BCUT2D eigenvalue weighted by Crippen LogP contribution is 2.28. The Kier molecular flexibility index (Phi) is 7.66. The zero-order valence-electron chi connectivity index (χ0n) is 21.1. The van der Waals surface area contributed by atoms with Crippen LogP contribution in [0, 0.1) is 11.8 Å². The average molecular weight is 489 g/mol. The third kappa shape index (κ3) is 5.62. The van der Waals surface area contributed by atoms with E-state index < -0.39 is 0 Å². The van der Waals surface area contributed by atoms with Crippen LogP contribution in [0.4, 0.5) is 0 Å². The van der Waals surface area contributed by atoms with Crippen molar-refractivity contribution in [2.75, 3.05) is 39.3 Å². The normalized spacial score (nSPS) is 18.3. The molecule has 0 unspecified atom stereocenters. The lowest BCUT2D eigenvalue weighted by Crippen LogP contribution is -2.44. The Morgan fingerprint density at radius 2 is 1.78 bits per heavy atom. The number of rotatable bonds is 7. The van der Waals surface area contributed by atoms with Gasteiger partial charge in [0.05, 0.1) is 0 Å². The molecule has 7 nitrogen and oxygen atoms in total. The number of nitrogens with zero attached hydrogens (tertiary/aromatic N) is 3. The molecule has 2 aromatic carbocycles. The van der Waals surface area contributed by atoms with Gasteiger partial charge in [0.2, 0.25) is 11.8 Å². The summed E-state index contributed by atoms with van der Waals surface area (Å²) in [6.07, 6.45) is 5.55. The summed E-state index contributed by atoms with van der Waals surface area (Å²) in [4.78, 5) is 34.9. The molecule has 5 rings (SSSR count). The summed E-state index contributed by atoms with van der Waals surface area (Å²) in [6.45, 7) is 7.32. The second kappa shape index (κ2) is 11.2. The number of oxazole rings is 1. The molecule has 1 N–H and O–H groups in total. The van der Waals surface area contributed by atoms with Gasteiger partial charge < -0.3 is 19.5 Å². The first kappa shape index (κ1) is 24.5. The highest BCUT2D eigenvalue weighted by Gasteiger charge is 2.30. The summed E-state index contributed by atoms with van der Waals surface area (Å²) < 4.78 is 5.88. The van der Waals surface area contributed by atoms with Crippen molar-refractivity contribution in [3.8, 4) is 11.5 Å². The number of piperidine rings is 2. The van der Waals surface area contributed by atoms with Gasteiger partial charge in [0.15, 0.2) is 5.58 Å². The standard InChI is InChI=1S/C29H36N4O3/c1-21(27(34)30-14-19-32-15-6-3-7-16-32)22-12-17-33(18-13-22)29(35)24-10-11-26-25(20-24)31-28(36-26)23-8-4-2-5-9-23/h2,4-5,8-11,20-22H,3,6-7,12-19H2,1H3,(H,30,34)/t21-/m0/s1. The Morgan fingerprint density at radius 1 is 1.03 bits per heavy atom. The van der Waals surface area contributed by atoms with Crippen LogP contribution in [-0.4, -0.2) is 65.9 Å². The van der Waals surface area contributed by atoms with Gasteiger partial charge in [0.1, 0.15) is 5.52 Å². The third-order valence-electron chi connectivity index (χ3n) is 7.78. The van der Waals surface area contributed by atoms with E-state index in [1.54, 1.807) is 0 Å². The molecular weight excluding hydrogens is 452 g/mol. The zero-order chi connectivity index (χ0) is 24.9. The Hall–Kier alpha value is -3.19. The molecule has 190 valence electrons. The molecule has 0 radical (unpaired) electrons. The van der Waals surface area contributed by atoms with Crippen molar-refractivity contribution in [2.24, 2.45) is 11.8 Å². The van der Waals surface area contributed by atoms with Crippen molar-refractivity contribution in [1.82, 2.24) is 20.1 Å². The van der Waals surface area contributed by atoms with E-state index in [0.717, 1.165) is 44.6 Å². The minimum Gasteiger partial charge on any atom is -0.436 e. The fraction of sp³-hybridized carbons (Fsp3) is 0.483. The van der Waals surface area contributed by atoms with Gasteiger partial charge in [0.25, 0.3) is 5.91 Å². The predicted molar refractivity (Wildman–Crippen MR) is 141 cm³/mol. The van der Waals surface area contributed by atoms with Gasteiger partial charge in [-0.15, -0.1) is 0 Å². The first-order chi connectivity index (χ1) is 17.6. The summed E-state index contributed by atoms with van der Waals surface area (Å²) in [5.74, 6) is 0.974. The second-order valence-corrected chi connectivity index (χ2v) is 10.2. The first-order valence-electron chi connectivity index (χ1n) is 13.3. The van der Waals surface area contributed by atoms with Crippen molar-refractivity contribution in [2.45, 2.75) is 39.0 Å². The van der Waals surface area contributed by atoms with Crippen molar-refractivity contribution in [1.29, 1.82) is 0 Å². The molecule has 1 aromatic heterocycles. The number of likely N-dealkylation sites (tertiary alicyclic amines) is 2. The van der Waals surface area contributed by atoms with Crippen LogP contribution in [-0.2, 0) is 4.79 Å². The summed E-state index contributed by atoms with van der Waals surface area (Å²) in [5.41, 5.74) is 2.89. The van der Waals surface area contributed by atoms with Crippen LogP contribution in [0.15, 0.2) is 52.9 Å². The number of aromatic nitrogens is 1. The van der Waals surface area contributed by atoms with E-state index >= 15 is 0 Å². The lowest BCUT2D eigenvalue weighted by Gasteiger charge is -2.34. The van der Waals surface area contributed by atoms with Crippen LogP contribution in [0.5, 0.6) is 0 Å². The van der Waals surface area contributed by atoms with Crippen molar-refractivity contribution in [3.05, 3.63) is 54.1 Å². The van der Waals surface area contributed by atoms with Crippen molar-refractivity contribution in [3.63, 3.8) is 0 Å². The highest BCUT2D eigenvalue weighted by atomic mass is 16.3. The number of fused-ring (bicyclic) bond motifs is 1. The molecule has 36 heavy (non-hydrogen) atoms. The molecule has 0 aliphatic carbocycles. The van der Waals surface area contributed by atoms with E-state index in [9.17, 15) is 9.59 Å². The number of nitrogens with one attached hydrogen (secondary N) is 1. The van der Waals surface area contributed by atoms with E-state index in [0.29, 0.717) is 41.6 Å². The summed E-state index contributed by atoms with van der Waals surface area (Å²) in [5, 5.41) is 3.14. The smallest absolute Gasteiger partial charge is 0.253 e. The molecule has 0 bridgehead atoms. The van der Waals surface area contributed by atoms with E-state index in [1.165, 1.54) is 19.3 Å². The molecule has 1 atom stereocenters. The van der Waals surface area contributed by atoms with Crippen LogP contribution in [0.2, 0.25) is 0 Å². The van der Waals surface area contributed by atoms with Crippen molar-refractivity contribution >= 4 is 22.9 Å². The molecule has 0 saturated carbocycles. The molecule has 2 fully saturated rings. The number of carbonyl (C=O) groups excluding carboxylic acids is 2. The third-order valence-corrected chi connectivity index (χ3v) is 7.78. The van der Waals surface area contributed by atoms with Crippen LogP contribution < -0.4 is 5.32 Å². The maximum Gasteiger partial charge on any atom is 0.253 e. The van der Waals surface area contributed by atoms with E-state index in [2.05, 4.69) is 15.2 Å². The van der Waals surface area contributed by atoms with Gasteiger partial charge in [-0.2, -0.15) is 0 Å². The summed E-state index contributed by atoms with van der Waals surface area (Å²) in [6, 6.07) is 15.2. The number of amides is 2. The molecule has 2 saturated heterocycles. The van der Waals surface area contributed by atoms with Crippen LogP contribution in [0.25, 0.3) is 22.6 Å². The van der Waals surface area contributed by atoms with Gasteiger partial charge in [-0.25, -0.2) is 4.98 Å². The van der Waals surface area contributed by atoms with Gasteiger partial charge in [-0.1, -0.05) is 31.5 Å². The number of hydrogen-bond acceptors (Lipinski definition) is 5. The highest BCUT2D eigenvalue weighted by molar-refractivity contribution is 5.97. The Balaban J connectivity index is 1.13. The maximum absolute atomic E-state index is 13.2. The van der Waals surface area contributed by atoms with Crippen molar-refractivity contribution < 1.29 is 14.0 Å². The fourth-order valence-corrected chi connectivity index (χ4v) is 5.45. The quantitative estimate of drug-likeness (QED) is 0.527. The maximum atomic E-state index is 13.2. The van der Waals surface area contributed by atoms with E-state index in [4.69, 9.17) is 4.42 Å². The molecule has 2 aliphatic rings. The summed E-state index contributed by atoms with van der Waals surface area (Å²) >= 11 is 0. The van der Waals surface area contributed by atoms with Gasteiger partial charge in [0, 0.05) is 43.2 Å². The second-order valence-electron chi connectivity index (χ2n) is 10.2. The lowest BCUT2D eigenvalue weighted by atomic mass is 9.84. The number of benzene rings is 2. The molecule has 3 aromatic rings. The van der Waals surface area contributed by atoms with Crippen LogP contribution in [0.3, 0.4) is 0 Å². The monoisotopic (exact) mass is 488 g/mol. The van der Waals surface area contributed by atoms with Gasteiger partial charge in [-0.3, -0.25) is 9.59 Å². The fourth-order valence-electron chi connectivity index (χ4n) is 5.45. The van der Waals surface area contributed by atoms with Gasteiger partial charge in [-0.05, 0) is 75.0 Å². The minimum atomic E-state index is -0.0357. The van der Waals surface area contributed by atoms with E-state index in [1.807, 2.05) is 60.4 Å². The molecule has 7 heteroatoms. The average Bonchev–Trinajstić information content (AvgIpc) is 3.37. The summed E-state index contributed by atoms with van der Waals surface area (Å²) in [7, 11) is 0. The SMILES string of the molecule is C[C@H](C(=O)NCCN1CCCCC1)C1CCN(C(=O)c2ccc3oc(-c4ccccc4)nc3c2)CC1. The van der Waals surface area contributed by atoms with Crippen LogP contribution in [0.1, 0.15) is 49.4 Å². The molecule has 2 aliphatic heterocycles. The minimum absolute atomic E-state index is 0.0123. The lowest BCUT2D eigenvalue weighted by molar-refractivity contribution is -0.126. The Bertz CT molecular complexity index is 1180. The number of carbonyl (C=O) groups is 2. The molecule has 3 heterocycles. The predicted octanol–water partition coefficient (Wildman–Crippen LogP) is 4.59. The van der Waals surface area contributed by atoms with E-state index in [-0.39, 0.29) is 17.7 Å². The Morgan fingerprint density at radius 3 is 2.53 bits per heavy atom. The molecule has 2 amide bonds. The Labute approximate surface area is 212 Å². The zero-order valence-corrected chi connectivity index (χ0v) is 21.1. The largest absolute Gasteiger partial charge is 0.436 e.